The molecule has 0 aromatic heterocycles. The number of nitrogens with one attached hydrogen (secondary N) is 1. The molecule has 15 heavy (non-hydrogen) atoms. The summed E-state index contributed by atoms with van der Waals surface area (Å²) in [6.07, 6.45) is 14.9. The van der Waals surface area contributed by atoms with Crippen LogP contribution in [0.2, 0.25) is 0 Å². The summed E-state index contributed by atoms with van der Waals surface area (Å²) in [6.45, 7) is 2.55. The SMILES string of the molecule is C1CCCC(C2CCCNCC2)CCC1. The molecular formula is C14H27N. The van der Waals surface area contributed by atoms with E-state index >= 15 is 0 Å². The highest BCUT2D eigenvalue weighted by molar-refractivity contribution is 4.75. The van der Waals surface area contributed by atoms with Crippen LogP contribution in [0.15, 0.2) is 0 Å². The Kier molecular flexibility index (Phi) is 4.98. The molecule has 1 nitrogen and oxygen atoms in total. The van der Waals surface area contributed by atoms with Gasteiger partial charge in [0, 0.05) is 0 Å². The van der Waals surface area contributed by atoms with Gasteiger partial charge in [-0.25, -0.2) is 0 Å². The Hall–Kier alpha value is -0.0400. The van der Waals surface area contributed by atoms with E-state index in [1.54, 1.807) is 0 Å². The molecule has 0 bridgehead atoms. The summed E-state index contributed by atoms with van der Waals surface area (Å²) in [5.41, 5.74) is 0. The highest BCUT2D eigenvalue weighted by atomic mass is 14.8. The first-order valence-electron chi connectivity index (χ1n) is 7.17. The van der Waals surface area contributed by atoms with Gasteiger partial charge in [-0.15, -0.1) is 0 Å². The van der Waals surface area contributed by atoms with E-state index in [-0.39, 0.29) is 0 Å². The fourth-order valence-corrected chi connectivity index (χ4v) is 3.48. The maximum absolute atomic E-state index is 3.54. The first kappa shape index (κ1) is 11.4. The minimum absolute atomic E-state index is 1.05. The van der Waals surface area contributed by atoms with Gasteiger partial charge in [0.25, 0.3) is 0 Å². The van der Waals surface area contributed by atoms with Gasteiger partial charge in [0.05, 0.1) is 0 Å². The quantitative estimate of drug-likeness (QED) is 0.694. The molecule has 1 saturated carbocycles. The molecule has 0 aromatic carbocycles. The first-order chi connectivity index (χ1) is 7.47. The largest absolute Gasteiger partial charge is 0.317 e. The van der Waals surface area contributed by atoms with E-state index in [9.17, 15) is 0 Å². The van der Waals surface area contributed by atoms with Crippen LogP contribution in [-0.4, -0.2) is 13.1 Å². The van der Waals surface area contributed by atoms with Crippen molar-refractivity contribution in [3.8, 4) is 0 Å². The Morgan fingerprint density at radius 3 is 1.93 bits per heavy atom. The molecule has 0 radical (unpaired) electrons. The van der Waals surface area contributed by atoms with E-state index in [1.165, 1.54) is 77.3 Å². The highest BCUT2D eigenvalue weighted by Crippen LogP contribution is 2.33. The Balaban J connectivity index is 1.82. The number of rotatable bonds is 1. The van der Waals surface area contributed by atoms with Gasteiger partial charge in [-0.2, -0.15) is 0 Å². The summed E-state index contributed by atoms with van der Waals surface area (Å²) in [5.74, 6) is 2.13. The monoisotopic (exact) mass is 209 g/mol. The maximum atomic E-state index is 3.54. The molecule has 1 unspecified atom stereocenters. The van der Waals surface area contributed by atoms with Crippen LogP contribution in [0.3, 0.4) is 0 Å². The lowest BCUT2D eigenvalue weighted by Crippen LogP contribution is -2.18. The smallest absolute Gasteiger partial charge is 0.00462 e. The molecule has 1 saturated heterocycles. The lowest BCUT2D eigenvalue weighted by molar-refractivity contribution is 0.246. The summed E-state index contributed by atoms with van der Waals surface area (Å²) in [4.78, 5) is 0. The average molecular weight is 209 g/mol. The van der Waals surface area contributed by atoms with E-state index in [1.807, 2.05) is 0 Å². The molecule has 0 amide bonds. The standard InChI is InChI=1S/C14H27N/c1-2-4-7-13(8-5-3-1)14-9-6-11-15-12-10-14/h13-15H,1-12H2. The Morgan fingerprint density at radius 2 is 1.13 bits per heavy atom. The van der Waals surface area contributed by atoms with Crippen LogP contribution in [0.4, 0.5) is 0 Å². The third kappa shape index (κ3) is 3.79. The van der Waals surface area contributed by atoms with Crippen LogP contribution in [-0.2, 0) is 0 Å². The third-order valence-corrected chi connectivity index (χ3v) is 4.44. The molecule has 1 N–H and O–H groups in total. The summed E-state index contributed by atoms with van der Waals surface area (Å²) < 4.78 is 0. The number of hydrogen-bond acceptors (Lipinski definition) is 1. The molecule has 2 fully saturated rings. The molecular weight excluding hydrogens is 182 g/mol. The molecule has 1 aliphatic heterocycles. The van der Waals surface area contributed by atoms with Crippen molar-refractivity contribution in [1.82, 2.24) is 5.32 Å². The fraction of sp³-hybridized carbons (Fsp3) is 1.00. The van der Waals surface area contributed by atoms with Gasteiger partial charge in [0.2, 0.25) is 0 Å². The van der Waals surface area contributed by atoms with Gasteiger partial charge in [0.1, 0.15) is 0 Å². The number of hydrogen-bond donors (Lipinski definition) is 1. The van der Waals surface area contributed by atoms with Gasteiger partial charge < -0.3 is 5.32 Å². The van der Waals surface area contributed by atoms with Crippen molar-refractivity contribution in [1.29, 1.82) is 0 Å². The predicted octanol–water partition coefficient (Wildman–Crippen LogP) is 3.74. The molecule has 1 atom stereocenters. The van der Waals surface area contributed by atoms with Crippen molar-refractivity contribution in [3.63, 3.8) is 0 Å². The third-order valence-electron chi connectivity index (χ3n) is 4.44. The minimum Gasteiger partial charge on any atom is -0.317 e. The first-order valence-corrected chi connectivity index (χ1v) is 7.17. The van der Waals surface area contributed by atoms with Gasteiger partial charge in [0.15, 0.2) is 0 Å². The van der Waals surface area contributed by atoms with Crippen molar-refractivity contribution < 1.29 is 0 Å². The van der Waals surface area contributed by atoms with Crippen molar-refractivity contribution >= 4 is 0 Å². The van der Waals surface area contributed by atoms with Crippen molar-refractivity contribution in [2.75, 3.05) is 13.1 Å². The van der Waals surface area contributed by atoms with Crippen molar-refractivity contribution in [3.05, 3.63) is 0 Å². The van der Waals surface area contributed by atoms with Crippen molar-refractivity contribution in [2.24, 2.45) is 11.8 Å². The van der Waals surface area contributed by atoms with E-state index < -0.39 is 0 Å². The van der Waals surface area contributed by atoms with E-state index in [4.69, 9.17) is 0 Å². The summed E-state index contributed by atoms with van der Waals surface area (Å²) in [7, 11) is 0. The molecule has 1 heteroatoms. The summed E-state index contributed by atoms with van der Waals surface area (Å²) in [5, 5.41) is 3.54. The van der Waals surface area contributed by atoms with Crippen LogP contribution >= 0.6 is 0 Å². The molecule has 0 spiro atoms. The molecule has 0 aromatic rings. The molecule has 2 rings (SSSR count). The maximum Gasteiger partial charge on any atom is -0.00462 e. The van der Waals surface area contributed by atoms with E-state index in [2.05, 4.69) is 5.32 Å². The molecule has 2 aliphatic rings. The normalized spacial score (nSPS) is 31.6. The van der Waals surface area contributed by atoms with Gasteiger partial charge in [-0.05, 0) is 44.2 Å². The zero-order valence-electron chi connectivity index (χ0n) is 10.1. The van der Waals surface area contributed by atoms with Crippen LogP contribution in [0, 0.1) is 11.8 Å². The van der Waals surface area contributed by atoms with E-state index in [0.717, 1.165) is 11.8 Å². The predicted molar refractivity (Wildman–Crippen MR) is 66.0 cm³/mol. The minimum atomic E-state index is 1.05. The second-order valence-corrected chi connectivity index (χ2v) is 5.55. The molecule has 88 valence electrons. The summed E-state index contributed by atoms with van der Waals surface area (Å²) >= 11 is 0. The van der Waals surface area contributed by atoms with E-state index in [0.29, 0.717) is 0 Å². The second kappa shape index (κ2) is 6.52. The zero-order chi connectivity index (χ0) is 10.3. The Morgan fingerprint density at radius 1 is 0.533 bits per heavy atom. The second-order valence-electron chi connectivity index (χ2n) is 5.55. The summed E-state index contributed by atoms with van der Waals surface area (Å²) in [6, 6.07) is 0. The highest BCUT2D eigenvalue weighted by Gasteiger charge is 2.22. The molecule has 1 aliphatic carbocycles. The topological polar surface area (TPSA) is 12.0 Å². The molecule has 1 heterocycles. The van der Waals surface area contributed by atoms with Gasteiger partial charge in [-0.3, -0.25) is 0 Å². The van der Waals surface area contributed by atoms with Gasteiger partial charge in [-0.1, -0.05) is 44.9 Å². The zero-order valence-corrected chi connectivity index (χ0v) is 10.1. The average Bonchev–Trinajstić information content (AvgIpc) is 2.45. The lowest BCUT2D eigenvalue weighted by Gasteiger charge is -2.27. The fourth-order valence-electron chi connectivity index (χ4n) is 3.48. The van der Waals surface area contributed by atoms with Crippen molar-refractivity contribution in [2.45, 2.75) is 64.2 Å². The van der Waals surface area contributed by atoms with Crippen LogP contribution in [0.25, 0.3) is 0 Å². The van der Waals surface area contributed by atoms with Crippen LogP contribution in [0.1, 0.15) is 64.2 Å². The Bertz CT molecular complexity index is 151. The van der Waals surface area contributed by atoms with Crippen LogP contribution in [0.5, 0.6) is 0 Å². The van der Waals surface area contributed by atoms with Gasteiger partial charge >= 0.3 is 0 Å². The van der Waals surface area contributed by atoms with Crippen LogP contribution < -0.4 is 5.32 Å². The Labute approximate surface area is 95.0 Å². The lowest BCUT2D eigenvalue weighted by atomic mass is 9.78.